The summed E-state index contributed by atoms with van der Waals surface area (Å²) in [5, 5.41) is 10.6. The van der Waals surface area contributed by atoms with Crippen LogP contribution in [0.25, 0.3) is 10.2 Å². The van der Waals surface area contributed by atoms with Gasteiger partial charge in [0.25, 0.3) is 0 Å². The van der Waals surface area contributed by atoms with Gasteiger partial charge in [-0.15, -0.1) is 11.3 Å². The summed E-state index contributed by atoms with van der Waals surface area (Å²) in [5.74, 6) is 0.317. The zero-order valence-electron chi connectivity index (χ0n) is 6.96. The molecule has 0 bridgehead atoms. The lowest BCUT2D eigenvalue weighted by Crippen LogP contribution is -1.76. The summed E-state index contributed by atoms with van der Waals surface area (Å²) in [4.78, 5) is 4.24. The van der Waals surface area contributed by atoms with Crippen LogP contribution in [0.2, 0.25) is 0 Å². The standard InChI is InChI=1S/C9H9NOS/c1-5-3-4-7-8(9(5)11)10-6(2)12-7/h3-4,11H,1-2H3. The van der Waals surface area contributed by atoms with Crippen LogP contribution in [0, 0.1) is 13.8 Å². The number of aromatic hydroxyl groups is 1. The van der Waals surface area contributed by atoms with E-state index in [0.29, 0.717) is 5.75 Å². The number of aryl methyl sites for hydroxylation is 2. The molecule has 2 nitrogen and oxygen atoms in total. The molecule has 0 fully saturated rings. The Kier molecular flexibility index (Phi) is 1.54. The Bertz CT molecular complexity index is 433. The number of phenols is 1. The maximum absolute atomic E-state index is 9.62. The molecule has 0 spiro atoms. The second kappa shape index (κ2) is 2.45. The topological polar surface area (TPSA) is 33.1 Å². The summed E-state index contributed by atoms with van der Waals surface area (Å²) in [6, 6.07) is 3.91. The van der Waals surface area contributed by atoms with Crippen molar-refractivity contribution < 1.29 is 5.11 Å². The van der Waals surface area contributed by atoms with Gasteiger partial charge in [-0.3, -0.25) is 0 Å². The lowest BCUT2D eigenvalue weighted by molar-refractivity contribution is 0.476. The third-order valence-electron chi connectivity index (χ3n) is 1.84. The first-order valence-electron chi connectivity index (χ1n) is 3.74. The SMILES string of the molecule is Cc1nc2c(O)c(C)ccc2s1. The fourth-order valence-electron chi connectivity index (χ4n) is 1.19. The zero-order chi connectivity index (χ0) is 8.72. The van der Waals surface area contributed by atoms with Crippen molar-refractivity contribution in [2.24, 2.45) is 0 Å². The van der Waals surface area contributed by atoms with E-state index in [1.807, 2.05) is 26.0 Å². The van der Waals surface area contributed by atoms with E-state index in [0.717, 1.165) is 20.8 Å². The number of phenolic OH excluding ortho intramolecular Hbond substituents is 1. The molecule has 0 amide bonds. The van der Waals surface area contributed by atoms with E-state index >= 15 is 0 Å². The van der Waals surface area contributed by atoms with Gasteiger partial charge >= 0.3 is 0 Å². The normalized spacial score (nSPS) is 10.8. The highest BCUT2D eigenvalue weighted by Gasteiger charge is 2.06. The number of rotatable bonds is 0. The molecule has 0 saturated heterocycles. The van der Waals surface area contributed by atoms with Crippen molar-refractivity contribution in [2.45, 2.75) is 13.8 Å². The van der Waals surface area contributed by atoms with Crippen LogP contribution in [0.4, 0.5) is 0 Å². The number of hydrogen-bond acceptors (Lipinski definition) is 3. The molecule has 2 rings (SSSR count). The molecular weight excluding hydrogens is 170 g/mol. The van der Waals surface area contributed by atoms with E-state index in [9.17, 15) is 5.11 Å². The average molecular weight is 179 g/mol. The Morgan fingerprint density at radius 1 is 1.33 bits per heavy atom. The smallest absolute Gasteiger partial charge is 0.145 e. The molecule has 1 N–H and O–H groups in total. The molecule has 0 atom stereocenters. The second-order valence-electron chi connectivity index (χ2n) is 2.81. The molecule has 0 unspecified atom stereocenters. The second-order valence-corrected chi connectivity index (χ2v) is 4.05. The number of aromatic nitrogens is 1. The Labute approximate surface area is 74.5 Å². The van der Waals surface area contributed by atoms with Crippen molar-refractivity contribution in [1.82, 2.24) is 4.98 Å². The van der Waals surface area contributed by atoms with Gasteiger partial charge in [-0.05, 0) is 25.5 Å². The van der Waals surface area contributed by atoms with Gasteiger partial charge < -0.3 is 5.11 Å². The Hall–Kier alpha value is -1.09. The Morgan fingerprint density at radius 3 is 2.83 bits per heavy atom. The van der Waals surface area contributed by atoms with Crippen LogP contribution >= 0.6 is 11.3 Å². The molecule has 0 aliphatic heterocycles. The van der Waals surface area contributed by atoms with Crippen molar-refractivity contribution >= 4 is 21.6 Å². The molecule has 62 valence electrons. The minimum Gasteiger partial charge on any atom is -0.505 e. The molecule has 1 heterocycles. The van der Waals surface area contributed by atoms with E-state index < -0.39 is 0 Å². The summed E-state index contributed by atoms with van der Waals surface area (Å²) in [6.07, 6.45) is 0. The van der Waals surface area contributed by atoms with Crippen molar-refractivity contribution in [1.29, 1.82) is 0 Å². The van der Waals surface area contributed by atoms with Gasteiger partial charge in [-0.2, -0.15) is 0 Å². The van der Waals surface area contributed by atoms with Crippen molar-refractivity contribution in [2.75, 3.05) is 0 Å². The summed E-state index contributed by atoms with van der Waals surface area (Å²) in [5.41, 5.74) is 1.62. The molecule has 2 aromatic rings. The number of nitrogens with zero attached hydrogens (tertiary/aromatic N) is 1. The highest BCUT2D eigenvalue weighted by Crippen LogP contribution is 2.30. The van der Waals surface area contributed by atoms with Gasteiger partial charge in [0.05, 0.1) is 9.71 Å². The van der Waals surface area contributed by atoms with Crippen molar-refractivity contribution in [3.8, 4) is 5.75 Å². The monoisotopic (exact) mass is 179 g/mol. The molecule has 0 radical (unpaired) electrons. The maximum Gasteiger partial charge on any atom is 0.145 e. The van der Waals surface area contributed by atoms with E-state index in [4.69, 9.17) is 0 Å². The average Bonchev–Trinajstić information content (AvgIpc) is 2.39. The molecule has 12 heavy (non-hydrogen) atoms. The molecule has 3 heteroatoms. The first-order chi connectivity index (χ1) is 5.68. The Morgan fingerprint density at radius 2 is 2.08 bits per heavy atom. The first kappa shape index (κ1) is 7.55. The summed E-state index contributed by atoms with van der Waals surface area (Å²) >= 11 is 1.60. The van der Waals surface area contributed by atoms with Crippen LogP contribution in [0.1, 0.15) is 10.6 Å². The molecule has 0 saturated carbocycles. The number of fused-ring (bicyclic) bond motifs is 1. The molecular formula is C9H9NOS. The van der Waals surface area contributed by atoms with Crippen LogP contribution < -0.4 is 0 Å². The van der Waals surface area contributed by atoms with E-state index in [1.165, 1.54) is 0 Å². The fourth-order valence-corrected chi connectivity index (χ4v) is 2.02. The molecule has 0 aliphatic rings. The highest BCUT2D eigenvalue weighted by molar-refractivity contribution is 7.18. The predicted octanol–water partition coefficient (Wildman–Crippen LogP) is 2.62. The zero-order valence-corrected chi connectivity index (χ0v) is 7.77. The van der Waals surface area contributed by atoms with Gasteiger partial charge in [-0.1, -0.05) is 6.07 Å². The summed E-state index contributed by atoms with van der Waals surface area (Å²) < 4.78 is 1.05. The predicted molar refractivity (Wildman–Crippen MR) is 50.8 cm³/mol. The van der Waals surface area contributed by atoms with Crippen molar-refractivity contribution in [3.05, 3.63) is 22.7 Å². The highest BCUT2D eigenvalue weighted by atomic mass is 32.1. The summed E-state index contributed by atoms with van der Waals surface area (Å²) in [6.45, 7) is 3.82. The van der Waals surface area contributed by atoms with Crippen molar-refractivity contribution in [3.63, 3.8) is 0 Å². The van der Waals surface area contributed by atoms with Crippen LogP contribution in [0.3, 0.4) is 0 Å². The fraction of sp³-hybridized carbons (Fsp3) is 0.222. The van der Waals surface area contributed by atoms with Gasteiger partial charge in [0.15, 0.2) is 0 Å². The van der Waals surface area contributed by atoms with E-state index in [-0.39, 0.29) is 0 Å². The van der Waals surface area contributed by atoms with Gasteiger partial charge in [0.2, 0.25) is 0 Å². The molecule has 0 aliphatic carbocycles. The van der Waals surface area contributed by atoms with Gasteiger partial charge in [0.1, 0.15) is 11.3 Å². The summed E-state index contributed by atoms with van der Waals surface area (Å²) in [7, 11) is 0. The van der Waals surface area contributed by atoms with E-state index in [1.54, 1.807) is 11.3 Å². The lowest BCUT2D eigenvalue weighted by Gasteiger charge is -1.96. The third-order valence-corrected chi connectivity index (χ3v) is 2.78. The quantitative estimate of drug-likeness (QED) is 0.674. The number of thiazole rings is 1. The van der Waals surface area contributed by atoms with Crippen LogP contribution in [0.5, 0.6) is 5.75 Å². The van der Waals surface area contributed by atoms with Crippen LogP contribution in [-0.2, 0) is 0 Å². The maximum atomic E-state index is 9.62. The molecule has 1 aromatic carbocycles. The van der Waals surface area contributed by atoms with Crippen LogP contribution in [-0.4, -0.2) is 10.1 Å². The molecule has 1 aromatic heterocycles. The number of benzene rings is 1. The third kappa shape index (κ3) is 0.975. The Balaban J connectivity index is 2.89. The van der Waals surface area contributed by atoms with Gasteiger partial charge in [-0.25, -0.2) is 4.98 Å². The number of hydrogen-bond donors (Lipinski definition) is 1. The first-order valence-corrected chi connectivity index (χ1v) is 4.56. The lowest BCUT2D eigenvalue weighted by atomic mass is 10.2. The minimum atomic E-state index is 0.317. The van der Waals surface area contributed by atoms with Crippen LogP contribution in [0.15, 0.2) is 12.1 Å². The minimum absolute atomic E-state index is 0.317. The van der Waals surface area contributed by atoms with Gasteiger partial charge in [0, 0.05) is 0 Å². The van der Waals surface area contributed by atoms with E-state index in [2.05, 4.69) is 4.98 Å². The largest absolute Gasteiger partial charge is 0.505 e.